The Morgan fingerprint density at radius 3 is 2.47 bits per heavy atom. The summed E-state index contributed by atoms with van der Waals surface area (Å²) >= 11 is 0. The summed E-state index contributed by atoms with van der Waals surface area (Å²) in [4.78, 5) is 18.2. The third-order valence-corrected chi connectivity index (χ3v) is 11.1. The van der Waals surface area contributed by atoms with E-state index in [0.29, 0.717) is 34.3 Å². The standard InChI is InChI=1S/C36H30FN7O4S/c1-21-3-7-29(8-4-21)49(46,47)44-31(36-41-22(2)20-48-36)13-30-34(25(14-38)16-40-35(30)44)23-5-10-33(39-15-23)42-18-27-12-28(19-42)43(27)17-24-11-26(37)6-9-32(24)45/h3-11,13,15-16,20,27-28,45H,12,17-19H2,1-2H3. The molecule has 0 spiro atoms. The smallest absolute Gasteiger partial charge is 0.270 e. The molecule has 2 atom stereocenters. The Labute approximate surface area is 281 Å². The Hall–Kier alpha value is -5.58. The Balaban J connectivity index is 1.15. The van der Waals surface area contributed by atoms with Gasteiger partial charge in [0.1, 0.15) is 35.4 Å². The number of hydrogen-bond acceptors (Lipinski definition) is 10. The number of fused-ring (bicyclic) bond motifs is 3. The van der Waals surface area contributed by atoms with Gasteiger partial charge in [-0.15, -0.1) is 0 Å². The van der Waals surface area contributed by atoms with Crippen molar-refractivity contribution in [3.63, 3.8) is 0 Å². The largest absolute Gasteiger partial charge is 0.508 e. The highest BCUT2D eigenvalue weighted by molar-refractivity contribution is 7.90. The van der Waals surface area contributed by atoms with Gasteiger partial charge in [0.15, 0.2) is 5.65 Å². The Morgan fingerprint density at radius 1 is 1.02 bits per heavy atom. The Kier molecular flexibility index (Phi) is 7.24. The molecule has 2 aromatic carbocycles. The quantitative estimate of drug-likeness (QED) is 0.221. The van der Waals surface area contributed by atoms with Gasteiger partial charge in [0.2, 0.25) is 5.89 Å². The SMILES string of the molecule is Cc1ccc(S(=O)(=O)n2c(-c3nc(C)co3)cc3c(-c4ccc(N5CC6CC(C5)N6Cc5cc(F)ccc5O)nc4)c(C#N)cnc32)cc1. The number of phenols is 1. The molecule has 2 unspecified atom stereocenters. The van der Waals surface area contributed by atoms with Crippen LogP contribution in [0.2, 0.25) is 0 Å². The van der Waals surface area contributed by atoms with Gasteiger partial charge in [-0.25, -0.2) is 31.7 Å². The number of piperidine rings is 1. The fourth-order valence-electron chi connectivity index (χ4n) is 6.93. The average Bonchev–Trinajstić information content (AvgIpc) is 3.72. The van der Waals surface area contributed by atoms with Gasteiger partial charge in [-0.1, -0.05) is 17.7 Å². The molecule has 4 aromatic heterocycles. The number of nitrogens with zero attached hydrogens (tertiary/aromatic N) is 7. The maximum atomic E-state index is 14.2. The van der Waals surface area contributed by atoms with Crippen molar-refractivity contribution < 1.29 is 22.3 Å². The molecule has 3 aliphatic rings. The normalized spacial score (nSPS) is 17.6. The number of rotatable bonds is 7. The van der Waals surface area contributed by atoms with Crippen molar-refractivity contribution in [1.29, 1.82) is 5.26 Å². The van der Waals surface area contributed by atoms with E-state index in [9.17, 15) is 23.2 Å². The highest BCUT2D eigenvalue weighted by Crippen LogP contribution is 2.40. The molecule has 11 nitrogen and oxygen atoms in total. The number of anilines is 1. The molecule has 9 rings (SSSR count). The van der Waals surface area contributed by atoms with Gasteiger partial charge < -0.3 is 14.4 Å². The van der Waals surface area contributed by atoms with Gasteiger partial charge in [0.05, 0.1) is 16.2 Å². The number of piperazine rings is 1. The lowest BCUT2D eigenvalue weighted by Crippen LogP contribution is -2.68. The van der Waals surface area contributed by atoms with E-state index in [1.165, 1.54) is 30.7 Å². The van der Waals surface area contributed by atoms with Gasteiger partial charge in [-0.05, 0) is 68.8 Å². The predicted octanol–water partition coefficient (Wildman–Crippen LogP) is 5.79. The van der Waals surface area contributed by atoms with E-state index in [0.717, 1.165) is 34.9 Å². The molecule has 3 fully saturated rings. The number of pyridine rings is 2. The average molecular weight is 676 g/mol. The first-order valence-corrected chi connectivity index (χ1v) is 17.2. The van der Waals surface area contributed by atoms with Crippen LogP contribution in [0.4, 0.5) is 10.2 Å². The maximum absolute atomic E-state index is 14.2. The van der Waals surface area contributed by atoms with Crippen molar-refractivity contribution in [2.24, 2.45) is 0 Å². The molecular weight excluding hydrogens is 646 g/mol. The van der Waals surface area contributed by atoms with Crippen molar-refractivity contribution in [2.45, 2.75) is 43.8 Å². The minimum atomic E-state index is -4.17. The number of hydrogen-bond donors (Lipinski definition) is 1. The third kappa shape index (κ3) is 5.20. The van der Waals surface area contributed by atoms with Gasteiger partial charge in [0, 0.05) is 66.2 Å². The van der Waals surface area contributed by atoms with Gasteiger partial charge >= 0.3 is 0 Å². The summed E-state index contributed by atoms with van der Waals surface area (Å²) in [6.45, 7) is 5.55. The summed E-state index contributed by atoms with van der Waals surface area (Å²) in [7, 11) is -4.17. The second kappa shape index (κ2) is 11.5. The second-order valence-corrected chi connectivity index (χ2v) is 14.4. The number of phenolic OH excluding ortho intramolecular Hbond substituents is 1. The van der Waals surface area contributed by atoms with Crippen molar-refractivity contribution in [1.82, 2.24) is 23.8 Å². The highest BCUT2D eigenvalue weighted by Gasteiger charge is 2.45. The summed E-state index contributed by atoms with van der Waals surface area (Å²) in [5.41, 5.74) is 3.76. The fourth-order valence-corrected chi connectivity index (χ4v) is 8.38. The minimum absolute atomic E-state index is 0.0738. The van der Waals surface area contributed by atoms with E-state index in [1.54, 1.807) is 43.5 Å². The van der Waals surface area contributed by atoms with Crippen molar-refractivity contribution >= 4 is 26.9 Å². The summed E-state index contributed by atoms with van der Waals surface area (Å²) in [5.74, 6) is 0.595. The van der Waals surface area contributed by atoms with Crippen molar-refractivity contribution in [3.05, 3.63) is 108 Å². The first kappa shape index (κ1) is 30.7. The molecule has 246 valence electrons. The molecule has 7 heterocycles. The summed E-state index contributed by atoms with van der Waals surface area (Å²) in [5, 5.41) is 20.8. The van der Waals surface area contributed by atoms with Crippen LogP contribution in [0, 0.1) is 31.0 Å². The van der Waals surface area contributed by atoms with Crippen LogP contribution >= 0.6 is 0 Å². The zero-order valence-electron chi connectivity index (χ0n) is 26.6. The maximum Gasteiger partial charge on any atom is 0.270 e. The van der Waals surface area contributed by atoms with Gasteiger partial charge in [-0.3, -0.25) is 4.90 Å². The van der Waals surface area contributed by atoms with E-state index in [2.05, 4.69) is 25.8 Å². The zero-order valence-corrected chi connectivity index (χ0v) is 27.4. The number of benzene rings is 2. The molecule has 0 saturated carbocycles. The third-order valence-electron chi connectivity index (χ3n) is 9.40. The molecule has 0 radical (unpaired) electrons. The van der Waals surface area contributed by atoms with E-state index < -0.39 is 10.0 Å². The monoisotopic (exact) mass is 675 g/mol. The van der Waals surface area contributed by atoms with Crippen LogP contribution in [0.3, 0.4) is 0 Å². The lowest BCUT2D eigenvalue weighted by atomic mass is 9.86. The molecular formula is C36H30FN7O4S. The van der Waals surface area contributed by atoms with E-state index in [4.69, 9.17) is 9.40 Å². The highest BCUT2D eigenvalue weighted by atomic mass is 32.2. The van der Waals surface area contributed by atoms with Crippen LogP contribution in [0.25, 0.3) is 33.7 Å². The van der Waals surface area contributed by atoms with E-state index in [1.807, 2.05) is 19.1 Å². The molecule has 1 N–H and O–H groups in total. The Morgan fingerprint density at radius 2 is 1.80 bits per heavy atom. The number of halogens is 1. The molecule has 6 aromatic rings. The predicted molar refractivity (Wildman–Crippen MR) is 180 cm³/mol. The topological polar surface area (TPSA) is 141 Å². The van der Waals surface area contributed by atoms with Crippen molar-refractivity contribution in [2.75, 3.05) is 18.0 Å². The van der Waals surface area contributed by atoms with E-state index >= 15 is 0 Å². The van der Waals surface area contributed by atoms with Crippen LogP contribution in [0.1, 0.15) is 28.8 Å². The molecule has 0 amide bonds. The zero-order chi connectivity index (χ0) is 34.0. The molecule has 13 heteroatoms. The van der Waals surface area contributed by atoms with Gasteiger partial charge in [-0.2, -0.15) is 5.26 Å². The van der Waals surface area contributed by atoms with Crippen LogP contribution in [-0.2, 0) is 16.6 Å². The molecule has 49 heavy (non-hydrogen) atoms. The summed E-state index contributed by atoms with van der Waals surface area (Å²) in [6.07, 6.45) is 5.53. The number of aryl methyl sites for hydroxylation is 2. The van der Waals surface area contributed by atoms with Gasteiger partial charge in [0.25, 0.3) is 10.0 Å². The molecule has 3 aliphatic heterocycles. The first-order valence-electron chi connectivity index (χ1n) is 15.7. The number of aromatic nitrogens is 4. The lowest BCUT2D eigenvalue weighted by Gasteiger charge is -2.56. The molecule has 3 saturated heterocycles. The van der Waals surface area contributed by atoms with E-state index in [-0.39, 0.29) is 51.3 Å². The lowest BCUT2D eigenvalue weighted by molar-refractivity contribution is -0.00921. The molecule has 2 bridgehead atoms. The van der Waals surface area contributed by atoms with Crippen LogP contribution in [-0.4, -0.2) is 62.5 Å². The number of nitriles is 1. The van der Waals surface area contributed by atoms with Crippen LogP contribution in [0.5, 0.6) is 5.75 Å². The number of oxazole rings is 1. The molecule has 0 aliphatic carbocycles. The summed E-state index contributed by atoms with van der Waals surface area (Å²) < 4.78 is 49.0. The van der Waals surface area contributed by atoms with Crippen LogP contribution < -0.4 is 4.90 Å². The number of aromatic hydroxyl groups is 1. The first-order chi connectivity index (χ1) is 23.6. The fraction of sp³-hybridized carbons (Fsp3) is 0.222. The minimum Gasteiger partial charge on any atom is -0.508 e. The van der Waals surface area contributed by atoms with Crippen molar-refractivity contribution in [3.8, 4) is 34.5 Å². The van der Waals surface area contributed by atoms with Crippen LogP contribution in [0.15, 0.2) is 88.6 Å². The summed E-state index contributed by atoms with van der Waals surface area (Å²) in [6, 6.07) is 18.7. The second-order valence-electron chi connectivity index (χ2n) is 12.6. The Bertz CT molecular complexity index is 2390.